The zero-order chi connectivity index (χ0) is 12.4. The molecule has 0 radical (unpaired) electrons. The Morgan fingerprint density at radius 3 is 2.44 bits per heavy atom. The van der Waals surface area contributed by atoms with Gasteiger partial charge < -0.3 is 14.6 Å². The molecule has 0 aromatic carbocycles. The van der Waals surface area contributed by atoms with E-state index in [2.05, 4.69) is 13.8 Å². The van der Waals surface area contributed by atoms with Crippen LogP contribution in [0.4, 0.5) is 0 Å². The molecule has 16 heavy (non-hydrogen) atoms. The van der Waals surface area contributed by atoms with Crippen LogP contribution in [0, 0.1) is 5.92 Å². The zero-order valence-corrected chi connectivity index (χ0v) is 10.4. The molecule has 0 aromatic heterocycles. The van der Waals surface area contributed by atoms with E-state index in [1.54, 1.807) is 6.08 Å². The van der Waals surface area contributed by atoms with Crippen molar-refractivity contribution < 1.29 is 19.4 Å². The summed E-state index contributed by atoms with van der Waals surface area (Å²) in [6.07, 6.45) is 2.12. The molecule has 0 aromatic rings. The third kappa shape index (κ3) is 8.44. The molecule has 0 unspecified atom stereocenters. The molecule has 0 aliphatic carbocycles. The van der Waals surface area contributed by atoms with Crippen LogP contribution >= 0.6 is 0 Å². The molecule has 4 nitrogen and oxygen atoms in total. The van der Waals surface area contributed by atoms with Crippen molar-refractivity contribution in [2.24, 2.45) is 5.92 Å². The molecule has 0 fully saturated rings. The van der Waals surface area contributed by atoms with Crippen molar-refractivity contribution >= 4 is 5.97 Å². The highest BCUT2D eigenvalue weighted by atomic mass is 16.5. The van der Waals surface area contributed by atoms with E-state index in [1.807, 2.05) is 6.92 Å². The molecule has 0 heterocycles. The SMILES string of the molecule is CCC(=CCOCCOCC(C)C)C(=O)O. The minimum absolute atomic E-state index is 0.334. The standard InChI is InChI=1S/C12H22O4/c1-4-11(12(13)14)5-6-15-7-8-16-9-10(2)3/h5,10H,4,6-9H2,1-3H3,(H,13,14). The van der Waals surface area contributed by atoms with Gasteiger partial charge >= 0.3 is 5.97 Å². The van der Waals surface area contributed by atoms with E-state index < -0.39 is 5.97 Å². The Balaban J connectivity index is 3.48. The molecule has 0 spiro atoms. The smallest absolute Gasteiger partial charge is 0.331 e. The first kappa shape index (κ1) is 15.1. The van der Waals surface area contributed by atoms with E-state index in [9.17, 15) is 4.79 Å². The highest BCUT2D eigenvalue weighted by Gasteiger charge is 2.02. The second-order valence-electron chi connectivity index (χ2n) is 3.93. The molecular formula is C12H22O4. The van der Waals surface area contributed by atoms with Gasteiger partial charge in [-0.1, -0.05) is 20.8 Å². The molecule has 0 saturated carbocycles. The maximum Gasteiger partial charge on any atom is 0.331 e. The van der Waals surface area contributed by atoms with E-state index in [4.69, 9.17) is 14.6 Å². The van der Waals surface area contributed by atoms with Gasteiger partial charge in [0.05, 0.1) is 19.8 Å². The Morgan fingerprint density at radius 1 is 1.31 bits per heavy atom. The maximum absolute atomic E-state index is 10.6. The van der Waals surface area contributed by atoms with Crippen LogP contribution in [0.1, 0.15) is 27.2 Å². The molecule has 0 rings (SSSR count). The molecule has 0 bridgehead atoms. The second-order valence-corrected chi connectivity index (χ2v) is 3.93. The average molecular weight is 230 g/mol. The fourth-order valence-corrected chi connectivity index (χ4v) is 1.06. The van der Waals surface area contributed by atoms with E-state index in [-0.39, 0.29) is 0 Å². The summed E-state index contributed by atoms with van der Waals surface area (Å²) in [5, 5.41) is 8.73. The Morgan fingerprint density at radius 2 is 1.94 bits per heavy atom. The summed E-state index contributed by atoms with van der Waals surface area (Å²) in [7, 11) is 0. The van der Waals surface area contributed by atoms with Crippen LogP contribution in [0.2, 0.25) is 0 Å². The number of carboxylic acids is 1. The summed E-state index contributed by atoms with van der Waals surface area (Å²) < 4.78 is 10.5. The molecule has 0 aliphatic rings. The Bertz CT molecular complexity index is 221. The van der Waals surface area contributed by atoms with Crippen molar-refractivity contribution in [2.45, 2.75) is 27.2 Å². The molecule has 94 valence electrons. The van der Waals surface area contributed by atoms with Gasteiger partial charge in [-0.05, 0) is 18.4 Å². The predicted octanol–water partition coefficient (Wildman–Crippen LogP) is 2.10. The summed E-state index contributed by atoms with van der Waals surface area (Å²) in [5.74, 6) is -0.347. The van der Waals surface area contributed by atoms with Crippen LogP contribution < -0.4 is 0 Å². The van der Waals surface area contributed by atoms with Crippen molar-refractivity contribution in [3.05, 3.63) is 11.6 Å². The minimum atomic E-state index is -0.873. The van der Waals surface area contributed by atoms with Gasteiger partial charge in [0.25, 0.3) is 0 Å². The van der Waals surface area contributed by atoms with Crippen LogP contribution in [0.15, 0.2) is 11.6 Å². The van der Waals surface area contributed by atoms with Crippen molar-refractivity contribution in [1.29, 1.82) is 0 Å². The lowest BCUT2D eigenvalue weighted by Crippen LogP contribution is -2.09. The van der Waals surface area contributed by atoms with E-state index in [0.29, 0.717) is 37.7 Å². The van der Waals surface area contributed by atoms with Gasteiger partial charge in [0, 0.05) is 12.2 Å². The maximum atomic E-state index is 10.6. The van der Waals surface area contributed by atoms with Gasteiger partial charge in [0.15, 0.2) is 0 Å². The third-order valence-electron chi connectivity index (χ3n) is 1.93. The van der Waals surface area contributed by atoms with Crippen LogP contribution in [0.5, 0.6) is 0 Å². The Kier molecular flexibility index (Phi) is 8.85. The number of carbonyl (C=O) groups is 1. The van der Waals surface area contributed by atoms with Crippen LogP contribution in [0.3, 0.4) is 0 Å². The lowest BCUT2D eigenvalue weighted by molar-refractivity contribution is -0.132. The quantitative estimate of drug-likeness (QED) is 0.487. The van der Waals surface area contributed by atoms with E-state index in [1.165, 1.54) is 0 Å². The monoisotopic (exact) mass is 230 g/mol. The molecule has 0 saturated heterocycles. The fourth-order valence-electron chi connectivity index (χ4n) is 1.06. The first-order chi connectivity index (χ1) is 7.57. The first-order valence-corrected chi connectivity index (χ1v) is 5.65. The summed E-state index contributed by atoms with van der Waals surface area (Å²) >= 11 is 0. The van der Waals surface area contributed by atoms with Crippen LogP contribution in [0.25, 0.3) is 0 Å². The van der Waals surface area contributed by atoms with Gasteiger partial charge in [0.2, 0.25) is 0 Å². The predicted molar refractivity (Wildman–Crippen MR) is 62.5 cm³/mol. The van der Waals surface area contributed by atoms with Gasteiger partial charge in [-0.25, -0.2) is 4.79 Å². The molecule has 0 atom stereocenters. The molecular weight excluding hydrogens is 208 g/mol. The van der Waals surface area contributed by atoms with Gasteiger partial charge in [-0.3, -0.25) is 0 Å². The number of hydrogen-bond acceptors (Lipinski definition) is 3. The Labute approximate surface area is 97.2 Å². The number of carboxylic acid groups (broad SMARTS) is 1. The molecule has 1 N–H and O–H groups in total. The number of rotatable bonds is 9. The molecule has 0 aliphatic heterocycles. The lowest BCUT2D eigenvalue weighted by Gasteiger charge is -2.06. The largest absolute Gasteiger partial charge is 0.478 e. The zero-order valence-electron chi connectivity index (χ0n) is 10.4. The lowest BCUT2D eigenvalue weighted by atomic mass is 10.2. The Hall–Kier alpha value is -0.870. The second kappa shape index (κ2) is 9.36. The van der Waals surface area contributed by atoms with Crippen molar-refractivity contribution in [3.63, 3.8) is 0 Å². The fraction of sp³-hybridized carbons (Fsp3) is 0.750. The molecule has 0 amide bonds. The van der Waals surface area contributed by atoms with Crippen LogP contribution in [-0.4, -0.2) is 37.5 Å². The van der Waals surface area contributed by atoms with Crippen molar-refractivity contribution in [1.82, 2.24) is 0 Å². The van der Waals surface area contributed by atoms with Crippen molar-refractivity contribution in [3.8, 4) is 0 Å². The van der Waals surface area contributed by atoms with Gasteiger partial charge in [-0.15, -0.1) is 0 Å². The third-order valence-corrected chi connectivity index (χ3v) is 1.93. The minimum Gasteiger partial charge on any atom is -0.478 e. The summed E-state index contributed by atoms with van der Waals surface area (Å²) in [4.78, 5) is 10.6. The number of hydrogen-bond donors (Lipinski definition) is 1. The van der Waals surface area contributed by atoms with Crippen molar-refractivity contribution in [2.75, 3.05) is 26.4 Å². The van der Waals surface area contributed by atoms with Gasteiger partial charge in [-0.2, -0.15) is 0 Å². The number of ether oxygens (including phenoxy) is 2. The number of aliphatic carboxylic acids is 1. The van der Waals surface area contributed by atoms with E-state index in [0.717, 1.165) is 6.61 Å². The van der Waals surface area contributed by atoms with E-state index >= 15 is 0 Å². The molecule has 4 heteroatoms. The topological polar surface area (TPSA) is 55.8 Å². The summed E-state index contributed by atoms with van der Waals surface area (Å²) in [6, 6.07) is 0. The highest BCUT2D eigenvalue weighted by Crippen LogP contribution is 2.00. The first-order valence-electron chi connectivity index (χ1n) is 5.65. The van der Waals surface area contributed by atoms with Crippen LogP contribution in [-0.2, 0) is 14.3 Å². The van der Waals surface area contributed by atoms with Gasteiger partial charge in [0.1, 0.15) is 0 Å². The average Bonchev–Trinajstić information content (AvgIpc) is 2.21. The normalized spacial score (nSPS) is 12.1. The summed E-state index contributed by atoms with van der Waals surface area (Å²) in [6.45, 7) is 8.11. The summed E-state index contributed by atoms with van der Waals surface area (Å²) in [5.41, 5.74) is 0.392. The highest BCUT2D eigenvalue weighted by molar-refractivity contribution is 5.86.